The minimum atomic E-state index is -0.889. The van der Waals surface area contributed by atoms with Gasteiger partial charge >= 0.3 is 5.97 Å². The van der Waals surface area contributed by atoms with Crippen LogP contribution in [0.1, 0.15) is 39.5 Å². The number of carboxylic acid groups (broad SMARTS) is 1. The third-order valence-corrected chi connectivity index (χ3v) is 3.79. The van der Waals surface area contributed by atoms with E-state index in [4.69, 9.17) is 5.11 Å². The minimum Gasteiger partial charge on any atom is -0.481 e. The Bertz CT molecular complexity index is 270. The topological polar surface area (TPSA) is 57.5 Å². The highest BCUT2D eigenvalue weighted by molar-refractivity contribution is 5.67. The quantitative estimate of drug-likeness (QED) is 0.705. The van der Waals surface area contributed by atoms with E-state index in [2.05, 4.69) is 6.58 Å². The van der Waals surface area contributed by atoms with Gasteiger partial charge < -0.3 is 10.2 Å². The molecule has 3 nitrogen and oxygen atoms in total. The first kappa shape index (κ1) is 12.2. The second kappa shape index (κ2) is 3.97. The molecular weight excluding hydrogens is 192 g/mol. The number of allylic oxidation sites excluding steroid dienone is 1. The predicted molar refractivity (Wildman–Crippen MR) is 58.5 cm³/mol. The van der Waals surface area contributed by atoms with Gasteiger partial charge in [-0.05, 0) is 31.6 Å². The number of rotatable bonds is 3. The van der Waals surface area contributed by atoms with Crippen molar-refractivity contribution in [3.05, 3.63) is 12.7 Å². The summed E-state index contributed by atoms with van der Waals surface area (Å²) >= 11 is 0. The van der Waals surface area contributed by atoms with E-state index in [9.17, 15) is 9.90 Å². The van der Waals surface area contributed by atoms with Crippen molar-refractivity contribution < 1.29 is 15.0 Å². The zero-order valence-electron chi connectivity index (χ0n) is 9.49. The van der Waals surface area contributed by atoms with Gasteiger partial charge in [0.15, 0.2) is 0 Å². The molecule has 0 aliphatic heterocycles. The summed E-state index contributed by atoms with van der Waals surface area (Å²) in [5.41, 5.74) is -1.15. The fraction of sp³-hybridized carbons (Fsp3) is 0.750. The second-order valence-corrected chi connectivity index (χ2v) is 5.07. The molecule has 1 aliphatic carbocycles. The van der Waals surface area contributed by atoms with Gasteiger partial charge in [-0.25, -0.2) is 0 Å². The summed E-state index contributed by atoms with van der Waals surface area (Å²) in [6.07, 6.45) is 4.31. The fourth-order valence-corrected chi connectivity index (χ4v) is 2.76. The van der Waals surface area contributed by atoms with E-state index >= 15 is 0 Å². The summed E-state index contributed by atoms with van der Waals surface area (Å²) < 4.78 is 0. The molecule has 2 N–H and O–H groups in total. The fourth-order valence-electron chi connectivity index (χ4n) is 2.76. The van der Waals surface area contributed by atoms with Crippen molar-refractivity contribution in [1.82, 2.24) is 0 Å². The van der Waals surface area contributed by atoms with Gasteiger partial charge in [0.1, 0.15) is 0 Å². The Labute approximate surface area is 90.8 Å². The summed E-state index contributed by atoms with van der Waals surface area (Å²) in [5.74, 6) is -1.09. The first-order valence-corrected chi connectivity index (χ1v) is 5.39. The van der Waals surface area contributed by atoms with Crippen LogP contribution in [0.25, 0.3) is 0 Å². The summed E-state index contributed by atoms with van der Waals surface area (Å²) in [6.45, 7) is 7.50. The van der Waals surface area contributed by atoms with Gasteiger partial charge in [-0.1, -0.05) is 13.0 Å². The molecule has 1 fully saturated rings. The molecule has 0 amide bonds. The molecule has 0 aromatic heterocycles. The highest BCUT2D eigenvalue weighted by atomic mass is 16.4. The lowest BCUT2D eigenvalue weighted by Gasteiger charge is -2.47. The Morgan fingerprint density at radius 2 is 2.13 bits per heavy atom. The number of aliphatic carboxylic acids is 1. The first-order valence-electron chi connectivity index (χ1n) is 5.39. The normalized spacial score (nSPS) is 41.1. The Morgan fingerprint density at radius 3 is 2.60 bits per heavy atom. The molecule has 15 heavy (non-hydrogen) atoms. The SMILES string of the molecule is C=C[C@]1(C)CCC[C@](C)(O)[C@H]1CC(=O)O. The highest BCUT2D eigenvalue weighted by Gasteiger charge is 2.47. The van der Waals surface area contributed by atoms with Gasteiger partial charge in [-0.15, -0.1) is 6.58 Å². The van der Waals surface area contributed by atoms with E-state index in [1.165, 1.54) is 0 Å². The van der Waals surface area contributed by atoms with E-state index in [1.54, 1.807) is 13.0 Å². The Balaban J connectivity index is 2.97. The third kappa shape index (κ3) is 2.40. The molecule has 0 radical (unpaired) electrons. The molecule has 1 aliphatic rings. The number of carboxylic acids is 1. The minimum absolute atomic E-state index is 0.00944. The van der Waals surface area contributed by atoms with Gasteiger partial charge in [0.05, 0.1) is 12.0 Å². The molecule has 0 heterocycles. The Kier molecular flexibility index (Phi) is 3.24. The zero-order valence-corrected chi connectivity index (χ0v) is 9.49. The molecule has 1 saturated carbocycles. The summed E-state index contributed by atoms with van der Waals surface area (Å²) in [6, 6.07) is 0. The first-order chi connectivity index (χ1) is 6.82. The summed E-state index contributed by atoms with van der Waals surface area (Å²) in [7, 11) is 0. The van der Waals surface area contributed by atoms with Crippen LogP contribution in [0.3, 0.4) is 0 Å². The maximum atomic E-state index is 10.8. The van der Waals surface area contributed by atoms with Crippen LogP contribution in [0, 0.1) is 11.3 Å². The molecular formula is C12H20O3. The van der Waals surface area contributed by atoms with Crippen LogP contribution in [0.2, 0.25) is 0 Å². The molecule has 86 valence electrons. The smallest absolute Gasteiger partial charge is 0.303 e. The Morgan fingerprint density at radius 1 is 1.53 bits per heavy atom. The molecule has 0 unspecified atom stereocenters. The van der Waals surface area contributed by atoms with Crippen molar-refractivity contribution in [3.8, 4) is 0 Å². The molecule has 3 atom stereocenters. The monoisotopic (exact) mass is 212 g/mol. The van der Waals surface area contributed by atoms with Crippen molar-refractivity contribution in [2.24, 2.45) is 11.3 Å². The van der Waals surface area contributed by atoms with Crippen molar-refractivity contribution in [3.63, 3.8) is 0 Å². The maximum absolute atomic E-state index is 10.8. The number of hydrogen-bond acceptors (Lipinski definition) is 2. The van der Waals surface area contributed by atoms with Gasteiger partial charge in [-0.2, -0.15) is 0 Å². The van der Waals surface area contributed by atoms with Crippen LogP contribution in [0.15, 0.2) is 12.7 Å². The van der Waals surface area contributed by atoms with E-state index in [-0.39, 0.29) is 17.8 Å². The number of carbonyl (C=O) groups is 1. The zero-order chi connectivity index (χ0) is 11.7. The molecule has 0 saturated heterocycles. The van der Waals surface area contributed by atoms with Gasteiger partial charge in [0, 0.05) is 5.92 Å². The molecule has 0 bridgehead atoms. The van der Waals surface area contributed by atoms with Crippen LogP contribution >= 0.6 is 0 Å². The average Bonchev–Trinajstić information content (AvgIpc) is 2.11. The third-order valence-electron chi connectivity index (χ3n) is 3.79. The lowest BCUT2D eigenvalue weighted by Crippen LogP contribution is -2.48. The lowest BCUT2D eigenvalue weighted by molar-refractivity contribution is -0.146. The van der Waals surface area contributed by atoms with Crippen molar-refractivity contribution in [2.45, 2.75) is 45.1 Å². The maximum Gasteiger partial charge on any atom is 0.303 e. The van der Waals surface area contributed by atoms with E-state index in [0.717, 1.165) is 12.8 Å². The number of aliphatic hydroxyl groups is 1. The van der Waals surface area contributed by atoms with Crippen LogP contribution in [-0.4, -0.2) is 21.8 Å². The lowest BCUT2D eigenvalue weighted by atomic mass is 9.60. The predicted octanol–water partition coefficient (Wildman–Crippen LogP) is 2.20. The molecule has 0 spiro atoms. The van der Waals surface area contributed by atoms with Crippen LogP contribution in [-0.2, 0) is 4.79 Å². The molecule has 0 aromatic carbocycles. The van der Waals surface area contributed by atoms with E-state index < -0.39 is 11.6 Å². The van der Waals surface area contributed by atoms with Crippen molar-refractivity contribution in [2.75, 3.05) is 0 Å². The largest absolute Gasteiger partial charge is 0.481 e. The van der Waals surface area contributed by atoms with Crippen LogP contribution in [0.4, 0.5) is 0 Å². The second-order valence-electron chi connectivity index (χ2n) is 5.07. The number of hydrogen-bond donors (Lipinski definition) is 2. The van der Waals surface area contributed by atoms with E-state index in [1.807, 2.05) is 6.92 Å². The molecule has 1 rings (SSSR count). The van der Waals surface area contributed by atoms with E-state index in [0.29, 0.717) is 6.42 Å². The summed E-state index contributed by atoms with van der Waals surface area (Å²) in [4.78, 5) is 10.8. The molecule has 3 heteroatoms. The highest BCUT2D eigenvalue weighted by Crippen LogP contribution is 2.48. The molecule has 0 aromatic rings. The standard InChI is InChI=1S/C12H20O3/c1-4-11(2)6-5-7-12(3,15)9(11)8-10(13)14/h4,9,15H,1,5-8H2,2-3H3,(H,13,14)/t9-,11+,12-/m0/s1. The van der Waals surface area contributed by atoms with Gasteiger partial charge in [0.2, 0.25) is 0 Å². The van der Waals surface area contributed by atoms with Gasteiger partial charge in [0.25, 0.3) is 0 Å². The van der Waals surface area contributed by atoms with Crippen molar-refractivity contribution in [1.29, 1.82) is 0 Å². The Hall–Kier alpha value is -0.830. The van der Waals surface area contributed by atoms with Crippen molar-refractivity contribution >= 4 is 5.97 Å². The average molecular weight is 212 g/mol. The van der Waals surface area contributed by atoms with Crippen LogP contribution < -0.4 is 0 Å². The van der Waals surface area contributed by atoms with Crippen LogP contribution in [0.5, 0.6) is 0 Å². The summed E-state index contributed by atoms with van der Waals surface area (Å²) in [5, 5.41) is 19.1. The van der Waals surface area contributed by atoms with Gasteiger partial charge in [-0.3, -0.25) is 4.79 Å².